The molecule has 1 aromatic carbocycles. The van der Waals surface area contributed by atoms with E-state index in [0.29, 0.717) is 15.7 Å². The van der Waals surface area contributed by atoms with Gasteiger partial charge in [0.05, 0.1) is 10.5 Å². The summed E-state index contributed by atoms with van der Waals surface area (Å²) >= 11 is 4.46. The van der Waals surface area contributed by atoms with E-state index in [1.54, 1.807) is 12.3 Å². The monoisotopic (exact) mass is 248 g/mol. The number of hydrogen-bond acceptors (Lipinski definition) is 2. The van der Waals surface area contributed by atoms with E-state index in [0.717, 1.165) is 0 Å². The summed E-state index contributed by atoms with van der Waals surface area (Å²) in [4.78, 5) is 10.8. The van der Waals surface area contributed by atoms with Gasteiger partial charge >= 0.3 is 0 Å². The largest absolute Gasteiger partial charge is 0.298 e. The lowest BCUT2D eigenvalue weighted by molar-refractivity contribution is 0.111. The van der Waals surface area contributed by atoms with Gasteiger partial charge in [0.2, 0.25) is 0 Å². The molecule has 0 saturated heterocycles. The second kappa shape index (κ2) is 4.05. The Balaban J connectivity index is 3.33. The van der Waals surface area contributed by atoms with E-state index in [-0.39, 0.29) is 5.56 Å². The lowest BCUT2D eigenvalue weighted by Gasteiger charge is -2.03. The highest BCUT2D eigenvalue weighted by Crippen LogP contribution is 2.29. The van der Waals surface area contributed by atoms with Crippen LogP contribution in [0, 0.1) is 5.82 Å². The fraction of sp³-hybridized carbons (Fsp3) is 0.125. The maximum absolute atomic E-state index is 13.3. The van der Waals surface area contributed by atoms with Crippen molar-refractivity contribution in [3.05, 3.63) is 28.0 Å². The van der Waals surface area contributed by atoms with Crippen LogP contribution in [0.25, 0.3) is 0 Å². The van der Waals surface area contributed by atoms with Crippen molar-refractivity contribution in [2.45, 2.75) is 4.90 Å². The zero-order chi connectivity index (χ0) is 9.14. The topological polar surface area (TPSA) is 17.1 Å². The van der Waals surface area contributed by atoms with Gasteiger partial charge < -0.3 is 0 Å². The second-order valence-corrected chi connectivity index (χ2v) is 3.77. The molecule has 0 aromatic heterocycles. The molecule has 0 saturated carbocycles. The lowest BCUT2D eigenvalue weighted by Crippen LogP contribution is -1.90. The summed E-state index contributed by atoms with van der Waals surface area (Å²) in [6, 6.07) is 3.12. The first-order valence-electron chi connectivity index (χ1n) is 3.18. The molecular formula is C8H6BrFOS. The average molecular weight is 249 g/mol. The summed E-state index contributed by atoms with van der Waals surface area (Å²) in [5.41, 5.74) is 0.0996. The van der Waals surface area contributed by atoms with E-state index >= 15 is 0 Å². The van der Waals surface area contributed by atoms with Gasteiger partial charge in [0.25, 0.3) is 0 Å². The SMILES string of the molecule is CSc1c(Br)ccc(C=O)c1F. The molecule has 0 fully saturated rings. The zero-order valence-corrected chi connectivity index (χ0v) is 8.71. The molecule has 0 spiro atoms. The summed E-state index contributed by atoms with van der Waals surface area (Å²) in [5, 5.41) is 0. The van der Waals surface area contributed by atoms with Crippen LogP contribution in [0.15, 0.2) is 21.5 Å². The molecule has 64 valence electrons. The van der Waals surface area contributed by atoms with Gasteiger partial charge in [0.1, 0.15) is 5.82 Å². The molecule has 0 aliphatic carbocycles. The van der Waals surface area contributed by atoms with Gasteiger partial charge in [-0.3, -0.25) is 4.79 Å². The molecule has 0 aliphatic heterocycles. The molecule has 4 heteroatoms. The van der Waals surface area contributed by atoms with Crippen molar-refractivity contribution in [2.24, 2.45) is 0 Å². The fourth-order valence-corrected chi connectivity index (χ4v) is 2.18. The highest BCUT2D eigenvalue weighted by atomic mass is 79.9. The Morgan fingerprint density at radius 3 is 2.75 bits per heavy atom. The number of carbonyl (C=O) groups is 1. The van der Waals surface area contributed by atoms with E-state index in [4.69, 9.17) is 0 Å². The van der Waals surface area contributed by atoms with Crippen LogP contribution >= 0.6 is 27.7 Å². The third-order valence-corrected chi connectivity index (χ3v) is 3.14. The maximum atomic E-state index is 13.3. The summed E-state index contributed by atoms with van der Waals surface area (Å²) < 4.78 is 13.9. The first-order chi connectivity index (χ1) is 5.70. The molecule has 0 aliphatic rings. The third-order valence-electron chi connectivity index (χ3n) is 1.41. The van der Waals surface area contributed by atoms with Gasteiger partial charge in [-0.1, -0.05) is 0 Å². The molecule has 0 atom stereocenters. The molecule has 1 rings (SSSR count). The third kappa shape index (κ3) is 1.69. The van der Waals surface area contributed by atoms with Crippen molar-refractivity contribution >= 4 is 34.0 Å². The highest BCUT2D eigenvalue weighted by molar-refractivity contribution is 9.10. The summed E-state index contributed by atoms with van der Waals surface area (Å²) in [6.07, 6.45) is 2.28. The maximum Gasteiger partial charge on any atom is 0.153 e. The van der Waals surface area contributed by atoms with Gasteiger partial charge in [-0.2, -0.15) is 0 Å². The minimum atomic E-state index is -0.452. The number of hydrogen-bond donors (Lipinski definition) is 0. The average Bonchev–Trinajstić information content (AvgIpc) is 2.06. The van der Waals surface area contributed by atoms with E-state index < -0.39 is 5.82 Å². The number of benzene rings is 1. The first-order valence-corrected chi connectivity index (χ1v) is 5.19. The fourth-order valence-electron chi connectivity index (χ4n) is 0.826. The molecule has 0 unspecified atom stereocenters. The number of halogens is 2. The molecular weight excluding hydrogens is 243 g/mol. The van der Waals surface area contributed by atoms with Crippen molar-refractivity contribution in [3.63, 3.8) is 0 Å². The van der Waals surface area contributed by atoms with Crippen molar-refractivity contribution in [2.75, 3.05) is 6.26 Å². The smallest absolute Gasteiger partial charge is 0.153 e. The minimum absolute atomic E-state index is 0.0996. The Kier molecular flexibility index (Phi) is 3.29. The highest BCUT2D eigenvalue weighted by Gasteiger charge is 2.09. The Morgan fingerprint density at radius 2 is 2.25 bits per heavy atom. The van der Waals surface area contributed by atoms with Gasteiger partial charge in [0, 0.05) is 4.47 Å². The molecule has 1 nitrogen and oxygen atoms in total. The Labute approximate surface area is 82.5 Å². The Morgan fingerprint density at radius 1 is 1.58 bits per heavy atom. The van der Waals surface area contributed by atoms with Crippen LogP contribution in [0.1, 0.15) is 10.4 Å². The van der Waals surface area contributed by atoms with Crippen molar-refractivity contribution < 1.29 is 9.18 Å². The van der Waals surface area contributed by atoms with Crippen LogP contribution in [-0.4, -0.2) is 12.5 Å². The number of thioether (sulfide) groups is 1. The zero-order valence-electron chi connectivity index (χ0n) is 6.30. The van der Waals surface area contributed by atoms with Crippen molar-refractivity contribution in [3.8, 4) is 0 Å². The summed E-state index contributed by atoms with van der Waals surface area (Å²) in [7, 11) is 0. The van der Waals surface area contributed by atoms with E-state index in [2.05, 4.69) is 15.9 Å². The standard InChI is InChI=1S/C8H6BrFOS/c1-12-8-6(9)3-2-5(4-11)7(8)10/h2-4H,1H3. The van der Waals surface area contributed by atoms with E-state index in [1.807, 2.05) is 0 Å². The molecule has 0 amide bonds. The van der Waals surface area contributed by atoms with Crippen LogP contribution in [0.5, 0.6) is 0 Å². The second-order valence-electron chi connectivity index (χ2n) is 2.10. The van der Waals surface area contributed by atoms with Crippen LogP contribution in [-0.2, 0) is 0 Å². The molecule has 0 N–H and O–H groups in total. The number of aldehydes is 1. The quantitative estimate of drug-likeness (QED) is 0.591. The number of carbonyl (C=O) groups excluding carboxylic acids is 1. The molecule has 1 aromatic rings. The van der Waals surface area contributed by atoms with E-state index in [9.17, 15) is 9.18 Å². The van der Waals surface area contributed by atoms with E-state index in [1.165, 1.54) is 17.8 Å². The number of rotatable bonds is 2. The molecule has 0 bridgehead atoms. The van der Waals surface area contributed by atoms with Crippen molar-refractivity contribution in [1.82, 2.24) is 0 Å². The van der Waals surface area contributed by atoms with Crippen LogP contribution < -0.4 is 0 Å². The summed E-state index contributed by atoms with van der Waals surface area (Å²) in [6.45, 7) is 0. The molecule has 12 heavy (non-hydrogen) atoms. The Bertz CT molecular complexity index is 314. The van der Waals surface area contributed by atoms with Crippen LogP contribution in [0.3, 0.4) is 0 Å². The predicted octanol–water partition coefficient (Wildman–Crippen LogP) is 3.12. The Hall–Kier alpha value is -0.350. The summed E-state index contributed by atoms with van der Waals surface area (Å²) in [5.74, 6) is -0.452. The van der Waals surface area contributed by atoms with Gasteiger partial charge in [-0.25, -0.2) is 4.39 Å². The van der Waals surface area contributed by atoms with Gasteiger partial charge in [-0.15, -0.1) is 11.8 Å². The molecule has 0 heterocycles. The normalized spacial score (nSPS) is 9.92. The van der Waals surface area contributed by atoms with Crippen molar-refractivity contribution in [1.29, 1.82) is 0 Å². The first kappa shape index (κ1) is 9.74. The van der Waals surface area contributed by atoms with Gasteiger partial charge in [0.15, 0.2) is 6.29 Å². The minimum Gasteiger partial charge on any atom is -0.298 e. The predicted molar refractivity (Wildman–Crippen MR) is 51.3 cm³/mol. The lowest BCUT2D eigenvalue weighted by atomic mass is 10.2. The molecule has 0 radical (unpaired) electrons. The van der Waals surface area contributed by atoms with Crippen LogP contribution in [0.2, 0.25) is 0 Å². The van der Waals surface area contributed by atoms with Crippen LogP contribution in [0.4, 0.5) is 4.39 Å². The van der Waals surface area contributed by atoms with Gasteiger partial charge in [-0.05, 0) is 34.3 Å².